The number of rotatable bonds is 6. The zero-order chi connectivity index (χ0) is 18.5. The van der Waals surface area contributed by atoms with Crippen molar-refractivity contribution in [2.45, 2.75) is 13.5 Å². The minimum absolute atomic E-state index is 0.242. The number of carbonyl (C=O) groups is 1. The van der Waals surface area contributed by atoms with Gasteiger partial charge in [-0.25, -0.2) is 9.97 Å². The van der Waals surface area contributed by atoms with E-state index in [-0.39, 0.29) is 11.6 Å². The average Bonchev–Trinajstić information content (AvgIpc) is 3.13. The van der Waals surface area contributed by atoms with Crippen molar-refractivity contribution < 1.29 is 13.9 Å². The Labute approximate surface area is 155 Å². The molecule has 8 heteroatoms. The number of furan rings is 1. The molecule has 0 aliphatic heterocycles. The molecule has 0 saturated heterocycles. The second-order valence-electron chi connectivity index (χ2n) is 5.45. The quantitative estimate of drug-likeness (QED) is 0.682. The van der Waals surface area contributed by atoms with Gasteiger partial charge in [-0.2, -0.15) is 0 Å². The molecule has 0 radical (unpaired) electrons. The van der Waals surface area contributed by atoms with Gasteiger partial charge < -0.3 is 19.8 Å². The van der Waals surface area contributed by atoms with Gasteiger partial charge in [0, 0.05) is 11.4 Å². The summed E-state index contributed by atoms with van der Waals surface area (Å²) in [5, 5.41) is 6.20. The number of hydrogen-bond acceptors (Lipinski definition) is 6. The number of nitrogens with zero attached hydrogens (tertiary/aromatic N) is 2. The van der Waals surface area contributed by atoms with Gasteiger partial charge in [-0.05, 0) is 43.3 Å². The van der Waals surface area contributed by atoms with Gasteiger partial charge in [-0.3, -0.25) is 4.79 Å². The summed E-state index contributed by atoms with van der Waals surface area (Å²) in [5.41, 5.74) is 1.45. The summed E-state index contributed by atoms with van der Waals surface area (Å²) in [6, 6.07) is 10.2. The summed E-state index contributed by atoms with van der Waals surface area (Å²) < 4.78 is 10.3. The summed E-state index contributed by atoms with van der Waals surface area (Å²) in [4.78, 5) is 21.0. The number of halogens is 1. The first-order valence-electron chi connectivity index (χ1n) is 7.82. The molecule has 0 fully saturated rings. The molecule has 0 aliphatic carbocycles. The van der Waals surface area contributed by atoms with Crippen LogP contribution in [0.4, 0.5) is 11.6 Å². The van der Waals surface area contributed by atoms with Crippen molar-refractivity contribution in [2.24, 2.45) is 0 Å². The first kappa shape index (κ1) is 17.8. The number of ether oxygens (including phenoxy) is 1. The van der Waals surface area contributed by atoms with Crippen molar-refractivity contribution in [1.29, 1.82) is 0 Å². The van der Waals surface area contributed by atoms with E-state index in [2.05, 4.69) is 20.6 Å². The standard InChI is InChI=1S/C18H17ClN4O3/c1-11-8-15(23-18(21-11)20-10-13-4-3-7-26-13)17(24)22-12-5-6-16(25-2)14(19)9-12/h3-9H,10H2,1-2H3,(H,22,24)(H,20,21,23). The molecule has 2 heterocycles. The Hall–Kier alpha value is -3.06. The number of hydrogen-bond donors (Lipinski definition) is 2. The molecule has 7 nitrogen and oxygen atoms in total. The molecule has 0 saturated carbocycles. The van der Waals surface area contributed by atoms with E-state index in [0.717, 1.165) is 5.76 Å². The molecular formula is C18H17ClN4O3. The number of amides is 1. The van der Waals surface area contributed by atoms with Gasteiger partial charge >= 0.3 is 0 Å². The minimum Gasteiger partial charge on any atom is -0.495 e. The van der Waals surface area contributed by atoms with E-state index >= 15 is 0 Å². The van der Waals surface area contributed by atoms with Gasteiger partial charge in [0.15, 0.2) is 0 Å². The van der Waals surface area contributed by atoms with Crippen LogP contribution in [0.1, 0.15) is 21.9 Å². The van der Waals surface area contributed by atoms with E-state index in [9.17, 15) is 4.79 Å². The van der Waals surface area contributed by atoms with E-state index < -0.39 is 0 Å². The second-order valence-corrected chi connectivity index (χ2v) is 5.86. The van der Waals surface area contributed by atoms with Crippen LogP contribution in [0.15, 0.2) is 47.1 Å². The van der Waals surface area contributed by atoms with Gasteiger partial charge in [0.1, 0.15) is 17.2 Å². The van der Waals surface area contributed by atoms with E-state index in [1.165, 1.54) is 7.11 Å². The normalized spacial score (nSPS) is 10.4. The maximum absolute atomic E-state index is 12.5. The fraction of sp³-hybridized carbons (Fsp3) is 0.167. The molecule has 0 unspecified atom stereocenters. The molecule has 2 N–H and O–H groups in total. The Bertz CT molecular complexity index is 913. The number of benzene rings is 1. The highest BCUT2D eigenvalue weighted by Crippen LogP contribution is 2.27. The Balaban J connectivity index is 1.73. The predicted molar refractivity (Wildman–Crippen MR) is 98.8 cm³/mol. The van der Waals surface area contributed by atoms with Crippen molar-refractivity contribution >= 4 is 29.1 Å². The highest BCUT2D eigenvalue weighted by molar-refractivity contribution is 6.32. The van der Waals surface area contributed by atoms with Gasteiger partial charge in [0.25, 0.3) is 5.91 Å². The van der Waals surface area contributed by atoms with E-state index in [1.54, 1.807) is 43.5 Å². The number of aromatic nitrogens is 2. The summed E-state index contributed by atoms with van der Waals surface area (Å²) in [7, 11) is 1.53. The lowest BCUT2D eigenvalue weighted by atomic mass is 10.2. The monoisotopic (exact) mass is 372 g/mol. The lowest BCUT2D eigenvalue weighted by Gasteiger charge is -2.09. The largest absolute Gasteiger partial charge is 0.495 e. The fourth-order valence-electron chi connectivity index (χ4n) is 2.28. The minimum atomic E-state index is -0.363. The van der Waals surface area contributed by atoms with Crippen LogP contribution in [0.25, 0.3) is 0 Å². The lowest BCUT2D eigenvalue weighted by molar-refractivity contribution is 0.102. The Morgan fingerprint density at radius 2 is 2.12 bits per heavy atom. The Morgan fingerprint density at radius 3 is 2.81 bits per heavy atom. The van der Waals surface area contributed by atoms with Crippen molar-refractivity contribution in [2.75, 3.05) is 17.7 Å². The second kappa shape index (κ2) is 7.88. The third-order valence-corrected chi connectivity index (χ3v) is 3.79. The molecule has 2 aromatic heterocycles. The van der Waals surface area contributed by atoms with Crippen LogP contribution in [0.3, 0.4) is 0 Å². The maximum Gasteiger partial charge on any atom is 0.274 e. The summed E-state index contributed by atoms with van der Waals surface area (Å²) in [6.07, 6.45) is 1.59. The van der Waals surface area contributed by atoms with E-state index in [1.807, 2.05) is 6.07 Å². The van der Waals surface area contributed by atoms with Crippen LogP contribution in [0.5, 0.6) is 5.75 Å². The summed E-state index contributed by atoms with van der Waals surface area (Å²) >= 11 is 6.08. The molecule has 3 rings (SSSR count). The van der Waals surface area contributed by atoms with Crippen LogP contribution < -0.4 is 15.4 Å². The van der Waals surface area contributed by atoms with Gasteiger partial charge in [0.2, 0.25) is 5.95 Å². The summed E-state index contributed by atoms with van der Waals surface area (Å²) in [5.74, 6) is 1.26. The van der Waals surface area contributed by atoms with Crippen molar-refractivity contribution in [3.8, 4) is 5.75 Å². The molecule has 1 amide bonds. The van der Waals surface area contributed by atoms with E-state index in [0.29, 0.717) is 34.6 Å². The Kier molecular flexibility index (Phi) is 5.38. The average molecular weight is 373 g/mol. The van der Waals surface area contributed by atoms with Crippen LogP contribution in [-0.4, -0.2) is 23.0 Å². The van der Waals surface area contributed by atoms with Crippen molar-refractivity contribution in [3.05, 3.63) is 64.8 Å². The molecular weight excluding hydrogens is 356 g/mol. The zero-order valence-electron chi connectivity index (χ0n) is 14.2. The van der Waals surface area contributed by atoms with Crippen LogP contribution in [0, 0.1) is 6.92 Å². The van der Waals surface area contributed by atoms with Crippen LogP contribution in [-0.2, 0) is 6.54 Å². The molecule has 0 spiro atoms. The first-order chi connectivity index (χ1) is 12.5. The number of carbonyl (C=O) groups excluding carboxylic acids is 1. The third-order valence-electron chi connectivity index (χ3n) is 3.50. The smallest absolute Gasteiger partial charge is 0.274 e. The molecule has 0 bridgehead atoms. The van der Waals surface area contributed by atoms with Crippen molar-refractivity contribution in [1.82, 2.24) is 9.97 Å². The first-order valence-corrected chi connectivity index (χ1v) is 8.20. The molecule has 0 atom stereocenters. The third kappa shape index (κ3) is 4.31. The number of nitrogens with one attached hydrogen (secondary N) is 2. The van der Waals surface area contributed by atoms with Crippen LogP contribution >= 0.6 is 11.6 Å². The highest BCUT2D eigenvalue weighted by atomic mass is 35.5. The molecule has 134 valence electrons. The number of anilines is 2. The maximum atomic E-state index is 12.5. The molecule has 3 aromatic rings. The zero-order valence-corrected chi connectivity index (χ0v) is 15.0. The number of methoxy groups -OCH3 is 1. The van der Waals surface area contributed by atoms with Gasteiger partial charge in [0.05, 0.1) is 24.9 Å². The lowest BCUT2D eigenvalue weighted by Crippen LogP contribution is -2.16. The predicted octanol–water partition coefficient (Wildman–Crippen LogP) is 3.90. The topological polar surface area (TPSA) is 89.3 Å². The van der Waals surface area contributed by atoms with Gasteiger partial charge in [-0.1, -0.05) is 11.6 Å². The van der Waals surface area contributed by atoms with Crippen LogP contribution in [0.2, 0.25) is 5.02 Å². The SMILES string of the molecule is COc1ccc(NC(=O)c2cc(C)nc(NCc3ccco3)n2)cc1Cl. The number of aryl methyl sites for hydroxylation is 1. The fourth-order valence-corrected chi connectivity index (χ4v) is 2.54. The Morgan fingerprint density at radius 1 is 1.27 bits per heavy atom. The van der Waals surface area contributed by atoms with Crippen molar-refractivity contribution in [3.63, 3.8) is 0 Å². The molecule has 0 aliphatic rings. The highest BCUT2D eigenvalue weighted by Gasteiger charge is 2.12. The summed E-state index contributed by atoms with van der Waals surface area (Å²) in [6.45, 7) is 2.21. The van der Waals surface area contributed by atoms with E-state index in [4.69, 9.17) is 20.8 Å². The molecule has 26 heavy (non-hydrogen) atoms. The molecule has 1 aromatic carbocycles. The van der Waals surface area contributed by atoms with Gasteiger partial charge in [-0.15, -0.1) is 0 Å².